The zero-order valence-electron chi connectivity index (χ0n) is 36.1. The van der Waals surface area contributed by atoms with Gasteiger partial charge in [0.2, 0.25) is 5.95 Å². The molecular formula is C57H40IrN6OSi-2. The van der Waals surface area contributed by atoms with Gasteiger partial charge in [0.15, 0.2) is 11.6 Å². The fourth-order valence-corrected chi connectivity index (χ4v) is 12.0. The van der Waals surface area contributed by atoms with Gasteiger partial charge in [-0.3, -0.25) is 0 Å². The Balaban J connectivity index is 0.000000159. The maximum atomic E-state index is 6.28. The molecule has 0 spiro atoms. The van der Waals surface area contributed by atoms with Crippen molar-refractivity contribution in [2.75, 3.05) is 0 Å². The van der Waals surface area contributed by atoms with Crippen molar-refractivity contribution in [1.29, 1.82) is 0 Å². The molecule has 0 aliphatic carbocycles. The average molecular weight is 1050 g/mol. The fourth-order valence-electron chi connectivity index (χ4n) is 8.86. The number of pyridine rings is 2. The van der Waals surface area contributed by atoms with Gasteiger partial charge >= 0.3 is 0 Å². The minimum Gasteiger partial charge on any atom is -0.477 e. The van der Waals surface area contributed by atoms with Gasteiger partial charge in [-0.05, 0) is 62.9 Å². The molecule has 5 heterocycles. The molecule has 4 aromatic heterocycles. The number of hydrogen-bond acceptors (Lipinski definition) is 6. The Bertz CT molecular complexity index is 3440. The van der Waals surface area contributed by atoms with Gasteiger partial charge in [0.1, 0.15) is 5.75 Å². The molecular weight excluding hydrogens is 1000 g/mol. The van der Waals surface area contributed by atoms with Crippen molar-refractivity contribution in [3.05, 3.63) is 219 Å². The van der Waals surface area contributed by atoms with Crippen LogP contribution in [0.5, 0.6) is 11.5 Å². The van der Waals surface area contributed by atoms with Crippen LogP contribution in [0, 0.1) is 12.1 Å². The molecule has 0 amide bonds. The molecule has 11 aromatic rings. The molecule has 1 radical (unpaired) electrons. The van der Waals surface area contributed by atoms with Crippen LogP contribution in [0.3, 0.4) is 0 Å². The average Bonchev–Trinajstić information content (AvgIpc) is 3.72. The zero-order chi connectivity index (χ0) is 43.7. The van der Waals surface area contributed by atoms with Crippen molar-refractivity contribution in [3.63, 3.8) is 0 Å². The van der Waals surface area contributed by atoms with Crippen molar-refractivity contribution >= 4 is 40.3 Å². The van der Waals surface area contributed by atoms with Crippen molar-refractivity contribution in [3.8, 4) is 73.9 Å². The van der Waals surface area contributed by atoms with Gasteiger partial charge in [-0.2, -0.15) is 9.97 Å². The van der Waals surface area contributed by atoms with Gasteiger partial charge in [0.25, 0.3) is 0 Å². The molecule has 0 unspecified atom stereocenters. The maximum Gasteiger partial charge on any atom is 0.230 e. The van der Waals surface area contributed by atoms with E-state index >= 15 is 0 Å². The second kappa shape index (κ2) is 18.1. The van der Waals surface area contributed by atoms with E-state index in [2.05, 4.69) is 114 Å². The first-order valence-electron chi connectivity index (χ1n) is 21.6. The first kappa shape index (κ1) is 42.3. The molecule has 9 heteroatoms. The predicted octanol–water partition coefficient (Wildman–Crippen LogP) is 12.3. The second-order valence-corrected chi connectivity index (χ2v) is 20.6. The molecule has 66 heavy (non-hydrogen) atoms. The van der Waals surface area contributed by atoms with Crippen LogP contribution < -0.4 is 15.1 Å². The van der Waals surface area contributed by atoms with E-state index in [1.54, 1.807) is 6.20 Å². The Morgan fingerprint density at radius 1 is 0.485 bits per heavy atom. The Kier molecular flexibility index (Phi) is 11.6. The van der Waals surface area contributed by atoms with E-state index in [1.165, 1.54) is 15.9 Å². The summed E-state index contributed by atoms with van der Waals surface area (Å²) in [5, 5.41) is 4.80. The fraction of sp³-hybridized carbons (Fsp3) is 0.0351. The molecule has 1 aliphatic rings. The first-order valence-corrected chi connectivity index (χ1v) is 24.6. The largest absolute Gasteiger partial charge is 0.477 e. The molecule has 0 atom stereocenters. The number of nitrogens with zero attached hydrogens (tertiary/aromatic N) is 6. The van der Waals surface area contributed by atoms with E-state index in [1.807, 2.05) is 121 Å². The molecule has 0 bridgehead atoms. The van der Waals surface area contributed by atoms with Crippen LogP contribution in [0.25, 0.3) is 84.2 Å². The summed E-state index contributed by atoms with van der Waals surface area (Å²) in [5.74, 6) is 3.71. The monoisotopic (exact) mass is 1050 g/mol. The quantitative estimate of drug-likeness (QED) is 0.122. The number of rotatable bonds is 6. The minimum absolute atomic E-state index is 0. The van der Waals surface area contributed by atoms with Crippen LogP contribution in [0.1, 0.15) is 0 Å². The van der Waals surface area contributed by atoms with Crippen molar-refractivity contribution in [1.82, 2.24) is 29.5 Å². The molecule has 12 rings (SSSR count). The number of aromatic nitrogens is 6. The topological polar surface area (TPSA) is 78.6 Å². The third-order valence-electron chi connectivity index (χ3n) is 11.9. The Morgan fingerprint density at radius 2 is 1.09 bits per heavy atom. The minimum atomic E-state index is -1.95. The summed E-state index contributed by atoms with van der Waals surface area (Å²) in [6.07, 6.45) is 3.69. The Labute approximate surface area is 397 Å². The van der Waals surface area contributed by atoms with Crippen LogP contribution in [-0.2, 0) is 20.1 Å². The van der Waals surface area contributed by atoms with Crippen molar-refractivity contribution < 1.29 is 24.8 Å². The predicted molar refractivity (Wildman–Crippen MR) is 264 cm³/mol. The summed E-state index contributed by atoms with van der Waals surface area (Å²) < 4.78 is 8.39. The molecule has 0 fully saturated rings. The van der Waals surface area contributed by atoms with E-state index in [0.29, 0.717) is 17.6 Å². The summed E-state index contributed by atoms with van der Waals surface area (Å²) in [6.45, 7) is 4.76. The molecule has 319 valence electrons. The van der Waals surface area contributed by atoms with E-state index in [9.17, 15) is 0 Å². The SMILES string of the molecule is C[Si]1(C)c2ccccc2Oc2cc[c-]c(-c3cc(-c4ccccc4)ccn3)c21.[Ir].[c-]1ccc2c3ccccc3n(-c3nc(-c4ccccc4)nc(-c4ccccc4)n3)c2c1-c1ccccn1. The molecule has 7 nitrogen and oxygen atoms in total. The van der Waals surface area contributed by atoms with E-state index in [0.717, 1.165) is 72.5 Å². The molecule has 1 aliphatic heterocycles. The standard InChI is InChI=1S/C32H20N5.C25H20NOSi.Ir/c1-3-12-22(13-4-1)30-34-31(23-14-5-2-6-15-23)36-32(35-30)37-28-20-8-7-16-24(28)25-17-11-18-26(29(25)37)27-19-9-10-21-33-27;1-28(2)24-14-7-6-12-22(24)27-23-13-8-11-20(25(23)28)21-17-19(15-16-26-21)18-9-4-3-5-10-18;/h1-17,19-21H;3-10,12-17H,1-2H3;/q2*-1;. The number of fused-ring (bicyclic) bond motifs is 5. The maximum absolute atomic E-state index is 6.28. The van der Waals surface area contributed by atoms with Gasteiger partial charge in [-0.25, -0.2) is 4.98 Å². The number of ether oxygens (including phenoxy) is 1. The summed E-state index contributed by atoms with van der Waals surface area (Å²) in [5.41, 5.74) is 9.94. The molecule has 7 aromatic carbocycles. The van der Waals surface area contributed by atoms with Gasteiger partial charge in [0, 0.05) is 54.9 Å². The van der Waals surface area contributed by atoms with Gasteiger partial charge in [0.05, 0.1) is 8.07 Å². The second-order valence-electron chi connectivity index (χ2n) is 16.3. The molecule has 0 saturated heterocycles. The van der Waals surface area contributed by atoms with Gasteiger partial charge < -0.3 is 19.3 Å². The van der Waals surface area contributed by atoms with E-state index in [4.69, 9.17) is 24.7 Å². The van der Waals surface area contributed by atoms with Crippen LogP contribution in [0.2, 0.25) is 13.1 Å². The van der Waals surface area contributed by atoms with Crippen molar-refractivity contribution in [2.24, 2.45) is 0 Å². The number of para-hydroxylation sites is 2. The summed E-state index contributed by atoms with van der Waals surface area (Å²) in [7, 11) is -1.95. The summed E-state index contributed by atoms with van der Waals surface area (Å²) in [6, 6.07) is 72.3. The summed E-state index contributed by atoms with van der Waals surface area (Å²) in [4.78, 5) is 24.2. The van der Waals surface area contributed by atoms with Crippen LogP contribution in [-0.4, -0.2) is 37.6 Å². The van der Waals surface area contributed by atoms with Crippen LogP contribution in [0.15, 0.2) is 207 Å². The third-order valence-corrected chi connectivity index (χ3v) is 15.4. The van der Waals surface area contributed by atoms with E-state index in [-0.39, 0.29) is 20.1 Å². The Morgan fingerprint density at radius 3 is 1.80 bits per heavy atom. The van der Waals surface area contributed by atoms with E-state index < -0.39 is 8.07 Å². The molecule has 0 saturated carbocycles. The first-order chi connectivity index (χ1) is 32.0. The zero-order valence-corrected chi connectivity index (χ0v) is 39.4. The number of benzene rings is 7. The Hall–Kier alpha value is -7.68. The third kappa shape index (κ3) is 7.83. The van der Waals surface area contributed by atoms with Crippen LogP contribution in [0.4, 0.5) is 0 Å². The van der Waals surface area contributed by atoms with Gasteiger partial charge in [-0.15, -0.1) is 47.5 Å². The van der Waals surface area contributed by atoms with Gasteiger partial charge in [-0.1, -0.05) is 169 Å². The molecule has 0 N–H and O–H groups in total. The number of hydrogen-bond donors (Lipinski definition) is 0. The summed E-state index contributed by atoms with van der Waals surface area (Å²) >= 11 is 0. The normalized spacial score (nSPS) is 12.2. The van der Waals surface area contributed by atoms with Crippen molar-refractivity contribution in [2.45, 2.75) is 13.1 Å². The smallest absolute Gasteiger partial charge is 0.230 e. The van der Waals surface area contributed by atoms with Crippen LogP contribution >= 0.6 is 0 Å².